The van der Waals surface area contributed by atoms with Gasteiger partial charge in [-0.25, -0.2) is 0 Å². The molecule has 1 aliphatic heterocycles. The summed E-state index contributed by atoms with van der Waals surface area (Å²) >= 11 is 0. The third-order valence-electron chi connectivity index (χ3n) is 2.59. The fourth-order valence-corrected chi connectivity index (χ4v) is 1.61. The van der Waals surface area contributed by atoms with Gasteiger partial charge >= 0.3 is 0 Å². The molecular formula is C9H18N4O6. The maximum absolute atomic E-state index is 11.7. The summed E-state index contributed by atoms with van der Waals surface area (Å²) in [6.45, 7) is -1.09. The Morgan fingerprint density at radius 2 is 1.84 bits per heavy atom. The summed E-state index contributed by atoms with van der Waals surface area (Å²) in [5, 5.41) is 41.1. The van der Waals surface area contributed by atoms with Gasteiger partial charge in [-0.15, -0.1) is 0 Å². The lowest BCUT2D eigenvalue weighted by Gasteiger charge is -2.18. The first-order valence-electron chi connectivity index (χ1n) is 5.45. The number of rotatable bonds is 5. The normalized spacial score (nSPS) is 29.9. The molecule has 1 rings (SSSR count). The highest BCUT2D eigenvalue weighted by molar-refractivity contribution is 5.93. The fourth-order valence-electron chi connectivity index (χ4n) is 1.61. The van der Waals surface area contributed by atoms with E-state index < -0.39 is 43.8 Å². The lowest BCUT2D eigenvalue weighted by molar-refractivity contribution is -0.124. The number of carbonyl (C=O) groups is 1. The van der Waals surface area contributed by atoms with Crippen molar-refractivity contribution >= 4 is 5.91 Å². The number of amides is 1. The van der Waals surface area contributed by atoms with E-state index in [4.69, 9.17) is 26.4 Å². The number of hydrogen-bond acceptors (Lipinski definition) is 9. The van der Waals surface area contributed by atoms with E-state index in [0.29, 0.717) is 0 Å². The van der Waals surface area contributed by atoms with Crippen molar-refractivity contribution in [1.82, 2.24) is 10.6 Å². The van der Waals surface area contributed by atoms with Gasteiger partial charge in [-0.2, -0.15) is 0 Å². The molecular weight excluding hydrogens is 260 g/mol. The Bertz CT molecular complexity index is 359. The van der Waals surface area contributed by atoms with Crippen molar-refractivity contribution in [1.29, 1.82) is 0 Å². The van der Waals surface area contributed by atoms with Gasteiger partial charge < -0.3 is 47.3 Å². The average Bonchev–Trinajstić information content (AvgIpc) is 2.63. The number of nitrogens with two attached hydrogens (primary N) is 2. The highest BCUT2D eigenvalue weighted by Crippen LogP contribution is 2.19. The molecule has 0 aromatic rings. The molecule has 0 aliphatic carbocycles. The standard InChI is InChI=1S/C9H18N4O6/c10-7(11)4(12-2-15)8(18)13-9-6(17)5(16)3(1-14)19-9/h3,5-6,9,12,14-17H,1-2,10-11H2,(H,13,18). The summed E-state index contributed by atoms with van der Waals surface area (Å²) in [4.78, 5) is 11.7. The van der Waals surface area contributed by atoms with Crippen LogP contribution >= 0.6 is 0 Å². The summed E-state index contributed by atoms with van der Waals surface area (Å²) in [7, 11) is 0. The number of nitrogens with one attached hydrogen (secondary N) is 2. The molecule has 10 nitrogen and oxygen atoms in total. The summed E-state index contributed by atoms with van der Waals surface area (Å²) in [6, 6.07) is 0. The van der Waals surface area contributed by atoms with Gasteiger partial charge in [0.05, 0.1) is 6.61 Å². The SMILES string of the molecule is NC(N)=C(NCO)C(=O)NC1OC(CO)C(O)C1O. The topological polar surface area (TPSA) is 183 Å². The number of carbonyl (C=O) groups excluding carboxylic acids is 1. The van der Waals surface area contributed by atoms with Crippen LogP contribution in [0.1, 0.15) is 0 Å². The van der Waals surface area contributed by atoms with Crippen LogP contribution in [0.4, 0.5) is 0 Å². The molecule has 0 saturated carbocycles. The van der Waals surface area contributed by atoms with Gasteiger partial charge in [-0.3, -0.25) is 4.79 Å². The average molecular weight is 278 g/mol. The van der Waals surface area contributed by atoms with Crippen molar-refractivity contribution in [2.75, 3.05) is 13.3 Å². The number of aliphatic hydroxyl groups is 4. The first-order chi connectivity index (χ1) is 8.92. The monoisotopic (exact) mass is 278 g/mol. The first-order valence-corrected chi connectivity index (χ1v) is 5.45. The van der Waals surface area contributed by atoms with Crippen LogP contribution in [0, 0.1) is 0 Å². The molecule has 0 bridgehead atoms. The highest BCUT2D eigenvalue weighted by atomic mass is 16.6. The lowest BCUT2D eigenvalue weighted by Crippen LogP contribution is -2.47. The van der Waals surface area contributed by atoms with Crippen molar-refractivity contribution < 1.29 is 30.0 Å². The third kappa shape index (κ3) is 3.45. The Morgan fingerprint density at radius 3 is 2.26 bits per heavy atom. The Kier molecular flexibility index (Phi) is 5.32. The molecule has 4 unspecified atom stereocenters. The Balaban J connectivity index is 2.70. The molecule has 1 amide bonds. The van der Waals surface area contributed by atoms with Gasteiger partial charge in [0.15, 0.2) is 6.23 Å². The molecule has 1 heterocycles. The molecule has 0 radical (unpaired) electrons. The van der Waals surface area contributed by atoms with Crippen molar-refractivity contribution in [3.63, 3.8) is 0 Å². The van der Waals surface area contributed by atoms with Crippen LogP contribution in [0.5, 0.6) is 0 Å². The van der Waals surface area contributed by atoms with Gasteiger partial charge in [-0.1, -0.05) is 0 Å². The van der Waals surface area contributed by atoms with Gasteiger partial charge in [0.1, 0.15) is 36.6 Å². The minimum atomic E-state index is -1.41. The van der Waals surface area contributed by atoms with E-state index in [1.807, 2.05) is 0 Å². The molecule has 110 valence electrons. The van der Waals surface area contributed by atoms with Crippen LogP contribution in [0.15, 0.2) is 11.5 Å². The van der Waals surface area contributed by atoms with Crippen LogP contribution < -0.4 is 22.1 Å². The quantitative estimate of drug-likeness (QED) is 0.180. The highest BCUT2D eigenvalue weighted by Gasteiger charge is 2.43. The van der Waals surface area contributed by atoms with E-state index in [2.05, 4.69) is 10.6 Å². The minimum absolute atomic E-state index is 0.291. The summed E-state index contributed by atoms with van der Waals surface area (Å²) in [5.41, 5.74) is 10.2. The molecule has 0 spiro atoms. The largest absolute Gasteiger partial charge is 0.394 e. The molecule has 10 N–H and O–H groups in total. The minimum Gasteiger partial charge on any atom is -0.394 e. The summed E-state index contributed by atoms with van der Waals surface area (Å²) in [5.74, 6) is -1.19. The Morgan fingerprint density at radius 1 is 1.21 bits per heavy atom. The zero-order chi connectivity index (χ0) is 14.6. The van der Waals surface area contributed by atoms with Crippen LogP contribution in [-0.4, -0.2) is 64.2 Å². The molecule has 1 saturated heterocycles. The van der Waals surface area contributed by atoms with Gasteiger partial charge in [0, 0.05) is 0 Å². The molecule has 4 atom stereocenters. The molecule has 10 heteroatoms. The van der Waals surface area contributed by atoms with Crippen LogP contribution in [-0.2, 0) is 9.53 Å². The van der Waals surface area contributed by atoms with Crippen LogP contribution in [0.3, 0.4) is 0 Å². The lowest BCUT2D eigenvalue weighted by atomic mass is 10.1. The molecule has 1 fully saturated rings. The number of hydrogen-bond donors (Lipinski definition) is 8. The van der Waals surface area contributed by atoms with E-state index in [1.54, 1.807) is 0 Å². The van der Waals surface area contributed by atoms with Crippen LogP contribution in [0.2, 0.25) is 0 Å². The van der Waals surface area contributed by atoms with Crippen molar-refractivity contribution in [3.8, 4) is 0 Å². The Labute approximate surface area is 108 Å². The maximum Gasteiger partial charge on any atom is 0.273 e. The molecule has 1 aliphatic rings. The second kappa shape index (κ2) is 6.54. The summed E-state index contributed by atoms with van der Waals surface area (Å²) in [6.07, 6.45) is -4.97. The predicted octanol–water partition coefficient (Wildman–Crippen LogP) is -4.83. The van der Waals surface area contributed by atoms with Gasteiger partial charge in [0.2, 0.25) is 0 Å². The van der Waals surface area contributed by atoms with Crippen molar-refractivity contribution in [2.45, 2.75) is 24.5 Å². The second-order valence-electron chi connectivity index (χ2n) is 3.90. The van der Waals surface area contributed by atoms with E-state index in [0.717, 1.165) is 0 Å². The molecule has 0 aromatic carbocycles. The van der Waals surface area contributed by atoms with Gasteiger partial charge in [-0.05, 0) is 0 Å². The van der Waals surface area contributed by atoms with E-state index >= 15 is 0 Å². The summed E-state index contributed by atoms with van der Waals surface area (Å²) < 4.78 is 5.04. The fraction of sp³-hybridized carbons (Fsp3) is 0.667. The van der Waals surface area contributed by atoms with Crippen molar-refractivity contribution in [2.24, 2.45) is 11.5 Å². The maximum atomic E-state index is 11.7. The van der Waals surface area contributed by atoms with E-state index in [-0.39, 0.29) is 11.5 Å². The van der Waals surface area contributed by atoms with Crippen molar-refractivity contribution in [3.05, 3.63) is 11.5 Å². The zero-order valence-corrected chi connectivity index (χ0v) is 9.98. The molecule has 0 aromatic heterocycles. The third-order valence-corrected chi connectivity index (χ3v) is 2.59. The zero-order valence-electron chi connectivity index (χ0n) is 9.98. The smallest absolute Gasteiger partial charge is 0.273 e. The van der Waals surface area contributed by atoms with E-state index in [9.17, 15) is 15.0 Å². The Hall–Kier alpha value is -1.59. The van der Waals surface area contributed by atoms with Crippen LogP contribution in [0.25, 0.3) is 0 Å². The van der Waals surface area contributed by atoms with E-state index in [1.165, 1.54) is 0 Å². The molecule has 19 heavy (non-hydrogen) atoms. The van der Waals surface area contributed by atoms with Gasteiger partial charge in [0.25, 0.3) is 5.91 Å². The second-order valence-corrected chi connectivity index (χ2v) is 3.90. The predicted molar refractivity (Wildman–Crippen MR) is 61.5 cm³/mol. The number of ether oxygens (including phenoxy) is 1. The number of aliphatic hydroxyl groups excluding tert-OH is 4. The first kappa shape index (κ1) is 15.5.